The van der Waals surface area contributed by atoms with Crippen molar-refractivity contribution in [2.75, 3.05) is 13.7 Å². The lowest BCUT2D eigenvalue weighted by molar-refractivity contribution is -0.385. The number of phenols is 1. The van der Waals surface area contributed by atoms with Crippen LogP contribution in [-0.4, -0.2) is 45.6 Å². The molecule has 1 fully saturated rings. The number of carbonyl (C=O) groups excluding carboxylic acids is 2. The number of aliphatic imine (C=N–C) groups is 1. The molecule has 0 unspecified atom stereocenters. The highest BCUT2D eigenvalue weighted by molar-refractivity contribution is 8.18. The van der Waals surface area contributed by atoms with E-state index in [1.54, 1.807) is 38.2 Å². The lowest BCUT2D eigenvalue weighted by Gasteiger charge is -2.07. The fraction of sp³-hybridized carbons (Fsp3) is 0.150. The van der Waals surface area contributed by atoms with Gasteiger partial charge >= 0.3 is 11.7 Å². The van der Waals surface area contributed by atoms with Crippen LogP contribution < -0.4 is 0 Å². The van der Waals surface area contributed by atoms with Gasteiger partial charge in [0.2, 0.25) is 0 Å². The molecule has 10 heteroatoms. The molecule has 1 N–H and O–H groups in total. The van der Waals surface area contributed by atoms with Crippen molar-refractivity contribution >= 4 is 46.3 Å². The lowest BCUT2D eigenvalue weighted by Crippen LogP contribution is -2.23. The normalized spacial score (nSPS) is 16.3. The third-order valence-corrected chi connectivity index (χ3v) is 5.14. The number of nitro benzene ring substituents is 1. The summed E-state index contributed by atoms with van der Waals surface area (Å²) in [6.45, 7) is 1.97. The first-order valence-corrected chi connectivity index (χ1v) is 9.62. The number of nitrogens with zero attached hydrogens (tertiary/aromatic N) is 3. The zero-order valence-corrected chi connectivity index (χ0v) is 16.9. The van der Waals surface area contributed by atoms with Crippen LogP contribution in [0.5, 0.6) is 5.75 Å². The summed E-state index contributed by atoms with van der Waals surface area (Å²) in [6, 6.07) is 10.4. The molecule has 30 heavy (non-hydrogen) atoms. The summed E-state index contributed by atoms with van der Waals surface area (Å²) in [5.74, 6) is -1.23. The lowest BCUT2D eigenvalue weighted by atomic mass is 10.1. The van der Waals surface area contributed by atoms with E-state index in [1.807, 2.05) is 0 Å². The van der Waals surface area contributed by atoms with E-state index in [0.717, 1.165) is 11.8 Å². The van der Waals surface area contributed by atoms with Crippen molar-refractivity contribution in [2.45, 2.75) is 6.92 Å². The number of benzene rings is 2. The maximum absolute atomic E-state index is 12.6. The van der Waals surface area contributed by atoms with Crippen LogP contribution >= 0.6 is 11.8 Å². The summed E-state index contributed by atoms with van der Waals surface area (Å²) >= 11 is 1.10. The summed E-state index contributed by atoms with van der Waals surface area (Å²) in [6.07, 6.45) is 1.49. The van der Waals surface area contributed by atoms with Crippen molar-refractivity contribution in [1.82, 2.24) is 4.90 Å². The van der Waals surface area contributed by atoms with Crippen molar-refractivity contribution in [3.05, 3.63) is 68.6 Å². The van der Waals surface area contributed by atoms with E-state index in [2.05, 4.69) is 4.99 Å². The number of esters is 1. The molecule has 1 amide bonds. The van der Waals surface area contributed by atoms with Crippen LogP contribution in [0.25, 0.3) is 6.08 Å². The van der Waals surface area contributed by atoms with Crippen LogP contribution in [0.4, 0.5) is 11.4 Å². The monoisotopic (exact) mass is 427 g/mol. The minimum atomic E-state index is -0.698. The van der Waals surface area contributed by atoms with Gasteiger partial charge in [-0.2, -0.15) is 0 Å². The van der Waals surface area contributed by atoms with Crippen LogP contribution in [0.1, 0.15) is 22.8 Å². The Hall–Kier alpha value is -3.66. The molecule has 154 valence electrons. The van der Waals surface area contributed by atoms with Gasteiger partial charge in [0.25, 0.3) is 5.91 Å². The van der Waals surface area contributed by atoms with Gasteiger partial charge in [0.1, 0.15) is 0 Å². The Morgan fingerprint density at radius 3 is 2.80 bits per heavy atom. The highest BCUT2D eigenvalue weighted by atomic mass is 32.2. The Balaban J connectivity index is 1.89. The number of rotatable bonds is 5. The number of carbonyl (C=O) groups is 2. The second kappa shape index (κ2) is 8.78. The average Bonchev–Trinajstić information content (AvgIpc) is 2.97. The van der Waals surface area contributed by atoms with Gasteiger partial charge in [0.05, 0.1) is 27.7 Å². The maximum atomic E-state index is 12.6. The third-order valence-electron chi connectivity index (χ3n) is 4.08. The van der Waals surface area contributed by atoms with Gasteiger partial charge in [-0.05, 0) is 54.6 Å². The first kappa shape index (κ1) is 21.1. The molecule has 0 atom stereocenters. The van der Waals surface area contributed by atoms with Gasteiger partial charge < -0.3 is 9.84 Å². The molecule has 0 aromatic heterocycles. The summed E-state index contributed by atoms with van der Waals surface area (Å²) in [5.41, 5.74) is 0.777. The predicted molar refractivity (Wildman–Crippen MR) is 113 cm³/mol. The fourth-order valence-electron chi connectivity index (χ4n) is 2.61. The van der Waals surface area contributed by atoms with E-state index in [0.29, 0.717) is 26.9 Å². The van der Waals surface area contributed by atoms with Crippen LogP contribution in [0.15, 0.2) is 52.4 Å². The molecule has 0 radical (unpaired) electrons. The van der Waals surface area contributed by atoms with Gasteiger partial charge in [-0.3, -0.25) is 19.8 Å². The van der Waals surface area contributed by atoms with Crippen molar-refractivity contribution in [1.29, 1.82) is 0 Å². The molecule has 1 aliphatic rings. The summed E-state index contributed by atoms with van der Waals surface area (Å²) in [4.78, 5) is 40.8. The topological polar surface area (TPSA) is 122 Å². The predicted octanol–water partition coefficient (Wildman–Crippen LogP) is 3.71. The van der Waals surface area contributed by atoms with Gasteiger partial charge in [0, 0.05) is 13.1 Å². The van der Waals surface area contributed by atoms with E-state index in [9.17, 15) is 24.8 Å². The minimum Gasteiger partial charge on any atom is -0.502 e. The van der Waals surface area contributed by atoms with Crippen molar-refractivity contribution in [2.24, 2.45) is 4.99 Å². The second-order valence-corrected chi connectivity index (χ2v) is 7.15. The van der Waals surface area contributed by atoms with E-state index >= 15 is 0 Å². The van der Waals surface area contributed by atoms with Crippen molar-refractivity contribution < 1.29 is 24.4 Å². The van der Waals surface area contributed by atoms with Crippen LogP contribution in [-0.2, 0) is 9.53 Å². The first-order chi connectivity index (χ1) is 14.3. The van der Waals surface area contributed by atoms with Crippen LogP contribution in [0.3, 0.4) is 0 Å². The maximum Gasteiger partial charge on any atom is 0.338 e. The van der Waals surface area contributed by atoms with Gasteiger partial charge in [0.15, 0.2) is 10.9 Å². The molecule has 2 aromatic rings. The Bertz CT molecular complexity index is 1100. The third kappa shape index (κ3) is 4.49. The molecule has 0 spiro atoms. The summed E-state index contributed by atoms with van der Waals surface area (Å²) in [7, 11) is 1.56. The van der Waals surface area contributed by atoms with E-state index in [-0.39, 0.29) is 12.5 Å². The Morgan fingerprint density at radius 1 is 1.33 bits per heavy atom. The van der Waals surface area contributed by atoms with E-state index in [1.165, 1.54) is 29.2 Å². The summed E-state index contributed by atoms with van der Waals surface area (Å²) < 4.78 is 4.98. The molecule has 1 heterocycles. The number of thioether (sulfide) groups is 1. The smallest absolute Gasteiger partial charge is 0.338 e. The highest BCUT2D eigenvalue weighted by Crippen LogP contribution is 2.34. The molecular formula is C20H17N3O6S. The molecule has 9 nitrogen and oxygen atoms in total. The number of phenolic OH excluding ortho intramolecular Hbond substituents is 1. The molecule has 0 bridgehead atoms. The van der Waals surface area contributed by atoms with Gasteiger partial charge in [-0.25, -0.2) is 9.79 Å². The number of amides is 1. The van der Waals surface area contributed by atoms with Gasteiger partial charge in [-0.15, -0.1) is 0 Å². The van der Waals surface area contributed by atoms with Crippen LogP contribution in [0, 0.1) is 10.1 Å². The molecule has 2 aromatic carbocycles. The molecule has 3 rings (SSSR count). The average molecular weight is 427 g/mol. The number of hydrogen-bond acceptors (Lipinski definition) is 8. The molecule has 0 aliphatic carbocycles. The fourth-order valence-corrected chi connectivity index (χ4v) is 3.59. The van der Waals surface area contributed by atoms with E-state index in [4.69, 9.17) is 4.74 Å². The molecule has 1 saturated heterocycles. The van der Waals surface area contributed by atoms with Gasteiger partial charge in [-0.1, -0.05) is 12.1 Å². The standard InChI is InChI=1S/C20H17N3O6S/c1-3-29-19(26)13-5-4-6-14(11-13)21-20-22(2)18(25)17(30-20)10-12-7-8-16(24)15(9-12)23(27)28/h4-11,24H,3H2,1-2H3. The molecule has 0 saturated carbocycles. The number of ether oxygens (including phenoxy) is 1. The summed E-state index contributed by atoms with van der Waals surface area (Å²) in [5, 5.41) is 20.9. The van der Waals surface area contributed by atoms with Crippen molar-refractivity contribution in [3.63, 3.8) is 0 Å². The largest absolute Gasteiger partial charge is 0.502 e. The van der Waals surface area contributed by atoms with Crippen molar-refractivity contribution in [3.8, 4) is 5.75 Å². The zero-order valence-electron chi connectivity index (χ0n) is 16.1. The highest BCUT2D eigenvalue weighted by Gasteiger charge is 2.30. The first-order valence-electron chi connectivity index (χ1n) is 8.81. The SMILES string of the molecule is CCOC(=O)c1cccc(N=C2SC(=Cc3ccc(O)c([N+](=O)[O-])c3)C(=O)N2C)c1. The number of hydrogen-bond donors (Lipinski definition) is 1. The quantitative estimate of drug-likeness (QED) is 0.334. The van der Waals surface area contributed by atoms with E-state index < -0.39 is 22.3 Å². The number of amidine groups is 1. The molecule has 1 aliphatic heterocycles. The Kier molecular flexibility index (Phi) is 6.17. The number of likely N-dealkylation sites (N-methyl/N-ethyl adjacent to an activating group) is 1. The minimum absolute atomic E-state index is 0.258. The Labute approximate surface area is 175 Å². The number of aromatic hydroxyl groups is 1. The number of nitro groups is 1. The Morgan fingerprint density at radius 2 is 2.10 bits per heavy atom. The zero-order chi connectivity index (χ0) is 21.8. The molecular weight excluding hydrogens is 410 g/mol. The van der Waals surface area contributed by atoms with Crippen LogP contribution in [0.2, 0.25) is 0 Å². The second-order valence-electron chi connectivity index (χ2n) is 6.15.